The molecule has 1 heterocycles. The van der Waals surface area contributed by atoms with Gasteiger partial charge in [-0.1, -0.05) is 26.0 Å². The number of benzene rings is 1. The molecule has 4 heteroatoms. The molecule has 1 aliphatic heterocycles. The number of carbonyl (C=O) groups is 1. The van der Waals surface area contributed by atoms with Gasteiger partial charge in [0.25, 0.3) is 0 Å². The highest BCUT2D eigenvalue weighted by atomic mass is 19.1. The van der Waals surface area contributed by atoms with Gasteiger partial charge in [0.1, 0.15) is 17.5 Å². The molecule has 1 saturated carbocycles. The first-order chi connectivity index (χ1) is 10.0. The number of nitrogens with zero attached hydrogens (tertiary/aromatic N) is 1. The lowest BCUT2D eigenvalue weighted by atomic mass is 10.1. The molecule has 0 radical (unpaired) electrons. The summed E-state index contributed by atoms with van der Waals surface area (Å²) in [5.74, 6) is 0.631. The first kappa shape index (κ1) is 14.5. The summed E-state index contributed by atoms with van der Waals surface area (Å²) < 4.78 is 13.1. The Bertz CT molecular complexity index is 522. The van der Waals surface area contributed by atoms with Gasteiger partial charge in [0, 0.05) is 6.54 Å². The lowest BCUT2D eigenvalue weighted by Gasteiger charge is -2.25. The maximum atomic E-state index is 13.1. The van der Waals surface area contributed by atoms with Crippen LogP contribution >= 0.6 is 0 Å². The van der Waals surface area contributed by atoms with Crippen molar-refractivity contribution < 1.29 is 9.18 Å². The predicted molar refractivity (Wildman–Crippen MR) is 80.0 cm³/mol. The third-order valence-electron chi connectivity index (χ3n) is 4.51. The summed E-state index contributed by atoms with van der Waals surface area (Å²) in [7, 11) is 0. The lowest BCUT2D eigenvalue weighted by molar-refractivity contribution is -0.131. The molecule has 1 aromatic rings. The van der Waals surface area contributed by atoms with E-state index < -0.39 is 0 Å². The Labute approximate surface area is 125 Å². The van der Waals surface area contributed by atoms with Gasteiger partial charge in [-0.05, 0) is 49.3 Å². The van der Waals surface area contributed by atoms with Crippen LogP contribution in [0.4, 0.5) is 4.39 Å². The molecule has 3 rings (SSSR count). The molecule has 1 unspecified atom stereocenters. The summed E-state index contributed by atoms with van der Waals surface area (Å²) in [5.41, 5.74) is 0.648. The van der Waals surface area contributed by atoms with Crippen molar-refractivity contribution in [3.8, 4) is 0 Å². The van der Waals surface area contributed by atoms with Crippen LogP contribution in [0.2, 0.25) is 0 Å². The van der Waals surface area contributed by atoms with Crippen LogP contribution in [0, 0.1) is 11.7 Å². The number of amides is 1. The van der Waals surface area contributed by atoms with Crippen LogP contribution in [0.1, 0.15) is 51.3 Å². The molecule has 1 atom stereocenters. The maximum absolute atomic E-state index is 13.1. The average molecular weight is 290 g/mol. The molecule has 3 nitrogen and oxygen atoms in total. The molecule has 21 heavy (non-hydrogen) atoms. The van der Waals surface area contributed by atoms with Gasteiger partial charge in [-0.2, -0.15) is 0 Å². The predicted octanol–water partition coefficient (Wildman–Crippen LogP) is 3.22. The van der Waals surface area contributed by atoms with Gasteiger partial charge in [0.2, 0.25) is 5.91 Å². The van der Waals surface area contributed by atoms with Crippen LogP contribution in [-0.4, -0.2) is 22.9 Å². The molecule has 0 aromatic heterocycles. The van der Waals surface area contributed by atoms with E-state index in [1.54, 1.807) is 12.1 Å². The zero-order valence-electron chi connectivity index (χ0n) is 12.7. The summed E-state index contributed by atoms with van der Waals surface area (Å²) >= 11 is 0. The second-order valence-corrected chi connectivity index (χ2v) is 6.72. The third-order valence-corrected chi connectivity index (χ3v) is 4.51. The number of carbonyl (C=O) groups excluding carboxylic acids is 1. The van der Waals surface area contributed by atoms with Crippen LogP contribution in [0.5, 0.6) is 0 Å². The Morgan fingerprint density at radius 3 is 2.57 bits per heavy atom. The highest BCUT2D eigenvalue weighted by molar-refractivity contribution is 5.92. The second-order valence-electron chi connectivity index (χ2n) is 6.72. The highest BCUT2D eigenvalue weighted by Gasteiger charge is 2.59. The molecule has 0 bridgehead atoms. The Kier molecular flexibility index (Phi) is 3.74. The van der Waals surface area contributed by atoms with Crippen molar-refractivity contribution >= 4 is 5.91 Å². The monoisotopic (exact) mass is 290 g/mol. The van der Waals surface area contributed by atoms with Gasteiger partial charge < -0.3 is 4.90 Å². The molecule has 2 aliphatic rings. The number of nitrogens with one attached hydrogen (secondary N) is 1. The molecule has 1 N–H and O–H groups in total. The maximum Gasteiger partial charge on any atom is 0.244 e. The summed E-state index contributed by atoms with van der Waals surface area (Å²) in [6.45, 7) is 5.17. The largest absolute Gasteiger partial charge is 0.321 e. The first-order valence-electron chi connectivity index (χ1n) is 7.86. The quantitative estimate of drug-likeness (QED) is 0.903. The van der Waals surface area contributed by atoms with Gasteiger partial charge in [0.05, 0.1) is 0 Å². The van der Waals surface area contributed by atoms with E-state index in [1.807, 2.05) is 4.90 Å². The summed E-state index contributed by atoms with van der Waals surface area (Å²) in [4.78, 5) is 14.6. The van der Waals surface area contributed by atoms with E-state index in [0.717, 1.165) is 37.8 Å². The van der Waals surface area contributed by atoms with Gasteiger partial charge in [-0.15, -0.1) is 0 Å². The van der Waals surface area contributed by atoms with Crippen molar-refractivity contribution in [3.63, 3.8) is 0 Å². The molecule has 2 fully saturated rings. The smallest absolute Gasteiger partial charge is 0.244 e. The fourth-order valence-electron chi connectivity index (χ4n) is 3.09. The normalized spacial score (nSPS) is 23.3. The van der Waals surface area contributed by atoms with Crippen LogP contribution in [0.3, 0.4) is 0 Å². The van der Waals surface area contributed by atoms with E-state index in [4.69, 9.17) is 0 Å². The molecular formula is C17H23FN2O. The van der Waals surface area contributed by atoms with Crippen molar-refractivity contribution in [1.82, 2.24) is 10.2 Å². The Balaban J connectivity index is 1.76. The summed E-state index contributed by atoms with van der Waals surface area (Å²) in [6.07, 6.45) is 3.87. The van der Waals surface area contributed by atoms with Gasteiger partial charge in [-0.25, -0.2) is 4.39 Å². The van der Waals surface area contributed by atoms with Crippen molar-refractivity contribution in [1.29, 1.82) is 0 Å². The molecular weight excluding hydrogens is 267 g/mol. The molecule has 1 aromatic carbocycles. The average Bonchev–Trinajstić information content (AvgIpc) is 3.17. The van der Waals surface area contributed by atoms with Crippen LogP contribution in [0.15, 0.2) is 24.3 Å². The molecule has 1 spiro atoms. The van der Waals surface area contributed by atoms with Crippen LogP contribution in [0.25, 0.3) is 0 Å². The Morgan fingerprint density at radius 1 is 1.33 bits per heavy atom. The number of hydrogen-bond acceptors (Lipinski definition) is 2. The number of halogens is 1. The zero-order valence-corrected chi connectivity index (χ0v) is 12.7. The SMILES string of the molecule is CC(C)CCCN1C(=O)C2(CC2)NC1c1ccc(F)cc1. The number of hydrogen-bond donors (Lipinski definition) is 1. The topological polar surface area (TPSA) is 32.3 Å². The van der Waals surface area contributed by atoms with E-state index in [2.05, 4.69) is 19.2 Å². The van der Waals surface area contributed by atoms with Gasteiger partial charge >= 0.3 is 0 Å². The molecule has 1 amide bonds. The van der Waals surface area contributed by atoms with Crippen LogP contribution < -0.4 is 5.32 Å². The minimum Gasteiger partial charge on any atom is -0.321 e. The molecule has 114 valence electrons. The van der Waals surface area contributed by atoms with E-state index in [1.165, 1.54) is 12.1 Å². The van der Waals surface area contributed by atoms with E-state index in [0.29, 0.717) is 5.92 Å². The number of rotatable bonds is 5. The van der Waals surface area contributed by atoms with E-state index >= 15 is 0 Å². The highest BCUT2D eigenvalue weighted by Crippen LogP contribution is 2.46. The Morgan fingerprint density at radius 2 is 2.00 bits per heavy atom. The standard InChI is InChI=1S/C17H23FN2O/c1-12(2)4-3-11-20-15(13-5-7-14(18)8-6-13)19-17(9-10-17)16(20)21/h5-8,12,15,19H,3-4,9-11H2,1-2H3. The zero-order chi connectivity index (χ0) is 15.0. The second kappa shape index (κ2) is 5.41. The summed E-state index contributed by atoms with van der Waals surface area (Å²) in [6, 6.07) is 6.48. The van der Waals surface area contributed by atoms with E-state index in [-0.39, 0.29) is 23.4 Å². The summed E-state index contributed by atoms with van der Waals surface area (Å²) in [5, 5.41) is 3.47. The van der Waals surface area contributed by atoms with Gasteiger partial charge in [0.15, 0.2) is 0 Å². The van der Waals surface area contributed by atoms with Gasteiger partial charge in [-0.3, -0.25) is 10.1 Å². The Hall–Kier alpha value is -1.42. The first-order valence-corrected chi connectivity index (χ1v) is 7.86. The molecule has 1 aliphatic carbocycles. The van der Waals surface area contributed by atoms with Crippen molar-refractivity contribution in [2.45, 2.75) is 51.2 Å². The lowest BCUT2D eigenvalue weighted by Crippen LogP contribution is -2.33. The van der Waals surface area contributed by atoms with E-state index in [9.17, 15) is 9.18 Å². The molecule has 1 saturated heterocycles. The van der Waals surface area contributed by atoms with Crippen molar-refractivity contribution in [2.24, 2.45) is 5.92 Å². The fraction of sp³-hybridized carbons (Fsp3) is 0.588. The van der Waals surface area contributed by atoms with Crippen molar-refractivity contribution in [3.05, 3.63) is 35.6 Å². The minimum atomic E-state index is -0.323. The van der Waals surface area contributed by atoms with Crippen LogP contribution in [-0.2, 0) is 4.79 Å². The fourth-order valence-corrected chi connectivity index (χ4v) is 3.09. The third kappa shape index (κ3) is 2.82. The van der Waals surface area contributed by atoms with Crippen molar-refractivity contribution in [2.75, 3.05) is 6.54 Å². The minimum absolute atomic E-state index is 0.104.